The summed E-state index contributed by atoms with van der Waals surface area (Å²) >= 11 is 1.16. The van der Waals surface area contributed by atoms with Crippen molar-refractivity contribution in [3.8, 4) is 0 Å². The number of hydrogen-bond donors (Lipinski definition) is 0. The number of benzene rings is 1. The van der Waals surface area contributed by atoms with Gasteiger partial charge in [-0.2, -0.15) is 9.78 Å². The van der Waals surface area contributed by atoms with E-state index in [1.54, 1.807) is 20.1 Å². The van der Waals surface area contributed by atoms with Crippen molar-refractivity contribution >= 4 is 39.4 Å². The van der Waals surface area contributed by atoms with Gasteiger partial charge in [0.2, 0.25) is 0 Å². The maximum atomic E-state index is 12.8. The Bertz CT molecular complexity index is 1060. The van der Waals surface area contributed by atoms with E-state index in [4.69, 9.17) is 4.74 Å². The maximum absolute atomic E-state index is 12.8. The van der Waals surface area contributed by atoms with Crippen molar-refractivity contribution < 1.29 is 9.53 Å². The first-order valence-corrected chi connectivity index (χ1v) is 9.23. The third kappa shape index (κ3) is 3.75. The average molecular weight is 384 g/mol. The normalized spacial score (nSPS) is 11.3. The van der Waals surface area contributed by atoms with Gasteiger partial charge in [0.25, 0.3) is 5.56 Å². The molecule has 140 valence electrons. The van der Waals surface area contributed by atoms with E-state index < -0.39 is 5.97 Å². The summed E-state index contributed by atoms with van der Waals surface area (Å²) in [7, 11) is 3.94. The minimum absolute atomic E-state index is 0.279. The highest BCUT2D eigenvalue weighted by molar-refractivity contribution is 7.20. The number of carbonyl (C=O) groups excluding carboxylic acids is 1. The zero-order chi connectivity index (χ0) is 19.6. The summed E-state index contributed by atoms with van der Waals surface area (Å²) in [5.74, 6) is -0.437. The third-order valence-electron chi connectivity index (χ3n) is 4.04. The van der Waals surface area contributed by atoms with Gasteiger partial charge in [0.1, 0.15) is 16.0 Å². The summed E-state index contributed by atoms with van der Waals surface area (Å²) in [6.07, 6.45) is 2.96. The first-order valence-electron chi connectivity index (χ1n) is 8.42. The molecule has 0 spiro atoms. The Kier molecular flexibility index (Phi) is 5.36. The topological polar surface area (TPSA) is 76.8 Å². The highest BCUT2D eigenvalue weighted by Gasteiger charge is 2.20. The van der Waals surface area contributed by atoms with Crippen molar-refractivity contribution in [2.75, 3.05) is 25.6 Å². The van der Waals surface area contributed by atoms with Crippen LogP contribution in [0.3, 0.4) is 0 Å². The van der Waals surface area contributed by atoms with Crippen LogP contribution in [0.4, 0.5) is 5.69 Å². The van der Waals surface area contributed by atoms with Crippen molar-refractivity contribution in [3.05, 3.63) is 57.0 Å². The number of nitrogens with zero attached hydrogens (tertiary/aromatic N) is 4. The monoisotopic (exact) mass is 384 g/mol. The number of aryl methyl sites for hydroxylation is 1. The Labute approximate surface area is 160 Å². The van der Waals surface area contributed by atoms with Crippen LogP contribution in [-0.4, -0.2) is 42.5 Å². The smallest absolute Gasteiger partial charge is 0.348 e. The number of ether oxygens (including phenoxy) is 1. The van der Waals surface area contributed by atoms with Crippen molar-refractivity contribution in [1.29, 1.82) is 0 Å². The summed E-state index contributed by atoms with van der Waals surface area (Å²) in [6, 6.07) is 7.79. The molecule has 8 heteroatoms. The van der Waals surface area contributed by atoms with E-state index in [0.29, 0.717) is 20.7 Å². The zero-order valence-corrected chi connectivity index (χ0v) is 16.4. The van der Waals surface area contributed by atoms with Crippen LogP contribution >= 0.6 is 11.3 Å². The first-order chi connectivity index (χ1) is 12.9. The number of esters is 1. The Morgan fingerprint density at radius 3 is 2.67 bits per heavy atom. The highest BCUT2D eigenvalue weighted by Crippen LogP contribution is 2.27. The van der Waals surface area contributed by atoms with Crippen LogP contribution in [-0.2, 0) is 4.74 Å². The van der Waals surface area contributed by atoms with Gasteiger partial charge in [0, 0.05) is 19.8 Å². The van der Waals surface area contributed by atoms with Crippen molar-refractivity contribution in [1.82, 2.24) is 9.66 Å². The molecule has 0 radical (unpaired) electrons. The molecule has 0 bridgehead atoms. The van der Waals surface area contributed by atoms with Crippen LogP contribution < -0.4 is 10.5 Å². The molecular weight excluding hydrogens is 364 g/mol. The second kappa shape index (κ2) is 7.71. The van der Waals surface area contributed by atoms with Crippen LogP contribution in [0, 0.1) is 6.92 Å². The SMILES string of the molecule is CCOC(=O)c1sc2ncn(/N=C/c3ccc(N(C)C)cc3)c(=O)c2c1C. The third-order valence-corrected chi connectivity index (χ3v) is 5.22. The van der Waals surface area contributed by atoms with E-state index in [1.165, 1.54) is 11.0 Å². The van der Waals surface area contributed by atoms with Gasteiger partial charge in [0.15, 0.2) is 0 Å². The van der Waals surface area contributed by atoms with Crippen molar-refractivity contribution in [2.24, 2.45) is 5.10 Å². The number of rotatable bonds is 5. The molecule has 0 saturated carbocycles. The molecule has 3 rings (SSSR count). The summed E-state index contributed by atoms with van der Waals surface area (Å²) < 4.78 is 6.22. The van der Waals surface area contributed by atoms with E-state index in [-0.39, 0.29) is 12.2 Å². The van der Waals surface area contributed by atoms with Gasteiger partial charge in [-0.05, 0) is 37.1 Å². The number of anilines is 1. The highest BCUT2D eigenvalue weighted by atomic mass is 32.1. The van der Waals surface area contributed by atoms with E-state index in [2.05, 4.69) is 10.1 Å². The molecule has 0 unspecified atom stereocenters. The van der Waals surface area contributed by atoms with Gasteiger partial charge in [-0.25, -0.2) is 9.78 Å². The second-order valence-electron chi connectivity index (χ2n) is 6.08. The van der Waals surface area contributed by atoms with Crippen LogP contribution in [0.2, 0.25) is 0 Å². The maximum Gasteiger partial charge on any atom is 0.348 e. The van der Waals surface area contributed by atoms with Crippen LogP contribution in [0.15, 0.2) is 40.5 Å². The minimum Gasteiger partial charge on any atom is -0.462 e. The minimum atomic E-state index is -0.437. The largest absolute Gasteiger partial charge is 0.462 e. The molecule has 0 atom stereocenters. The van der Waals surface area contributed by atoms with Gasteiger partial charge >= 0.3 is 5.97 Å². The Morgan fingerprint density at radius 2 is 2.04 bits per heavy atom. The summed E-state index contributed by atoms with van der Waals surface area (Å²) in [5, 5.41) is 4.62. The molecule has 0 saturated heterocycles. The first kappa shape index (κ1) is 18.8. The van der Waals surface area contributed by atoms with E-state index >= 15 is 0 Å². The van der Waals surface area contributed by atoms with Gasteiger partial charge in [-0.15, -0.1) is 11.3 Å². The Balaban J connectivity index is 1.96. The Morgan fingerprint density at radius 1 is 1.33 bits per heavy atom. The van der Waals surface area contributed by atoms with Gasteiger partial charge in [-0.1, -0.05) is 12.1 Å². The van der Waals surface area contributed by atoms with Crippen LogP contribution in [0.5, 0.6) is 0 Å². The lowest BCUT2D eigenvalue weighted by Gasteiger charge is -2.11. The Hall–Kier alpha value is -3.00. The van der Waals surface area contributed by atoms with Gasteiger partial charge in [-0.3, -0.25) is 4.79 Å². The lowest BCUT2D eigenvalue weighted by Crippen LogP contribution is -2.17. The predicted octanol–water partition coefficient (Wildman–Crippen LogP) is 2.89. The van der Waals surface area contributed by atoms with Gasteiger partial charge in [0.05, 0.1) is 18.2 Å². The van der Waals surface area contributed by atoms with Crippen LogP contribution in [0.1, 0.15) is 27.7 Å². The van der Waals surface area contributed by atoms with E-state index in [9.17, 15) is 9.59 Å². The zero-order valence-electron chi connectivity index (χ0n) is 15.6. The standard InChI is InChI=1S/C19H20N4O3S/c1-5-26-19(25)16-12(2)15-17(27-16)20-11-23(18(15)24)21-10-13-6-8-14(9-7-13)22(3)4/h6-11H,5H2,1-4H3/b21-10+. The second-order valence-corrected chi connectivity index (χ2v) is 7.08. The summed E-state index contributed by atoms with van der Waals surface area (Å²) in [6.45, 7) is 3.74. The van der Waals surface area contributed by atoms with E-state index in [1.807, 2.05) is 43.3 Å². The number of aromatic nitrogens is 2. The number of fused-ring (bicyclic) bond motifs is 1. The number of thiophene rings is 1. The molecule has 3 aromatic rings. The fourth-order valence-corrected chi connectivity index (χ4v) is 3.61. The number of carbonyl (C=O) groups is 1. The molecule has 0 amide bonds. The van der Waals surface area contributed by atoms with Crippen LogP contribution in [0.25, 0.3) is 10.2 Å². The molecule has 0 aliphatic heterocycles. The number of hydrogen-bond acceptors (Lipinski definition) is 7. The summed E-state index contributed by atoms with van der Waals surface area (Å²) in [4.78, 5) is 32.0. The molecule has 0 fully saturated rings. The average Bonchev–Trinajstić information content (AvgIpc) is 2.99. The molecule has 0 aliphatic carbocycles. The van der Waals surface area contributed by atoms with Crippen molar-refractivity contribution in [3.63, 3.8) is 0 Å². The van der Waals surface area contributed by atoms with Crippen molar-refractivity contribution in [2.45, 2.75) is 13.8 Å². The van der Waals surface area contributed by atoms with Gasteiger partial charge < -0.3 is 9.64 Å². The molecule has 2 heterocycles. The fraction of sp³-hybridized carbons (Fsp3) is 0.263. The quantitative estimate of drug-likeness (QED) is 0.499. The fourth-order valence-electron chi connectivity index (χ4n) is 2.58. The molecule has 0 N–H and O–H groups in total. The molecule has 27 heavy (non-hydrogen) atoms. The lowest BCUT2D eigenvalue weighted by atomic mass is 10.2. The molecule has 0 aliphatic rings. The molecule has 2 aromatic heterocycles. The molecule has 1 aromatic carbocycles. The summed E-state index contributed by atoms with van der Waals surface area (Å²) in [5.41, 5.74) is 2.20. The predicted molar refractivity (Wildman–Crippen MR) is 108 cm³/mol. The lowest BCUT2D eigenvalue weighted by molar-refractivity contribution is 0.0531. The molecular formula is C19H20N4O3S. The molecule has 7 nitrogen and oxygen atoms in total. The van der Waals surface area contributed by atoms with E-state index in [0.717, 1.165) is 22.6 Å².